The number of aromatic nitrogens is 3. The Balaban J connectivity index is 2.11. The number of rotatable bonds is 3. The van der Waals surface area contributed by atoms with Crippen molar-refractivity contribution in [2.45, 2.75) is 6.92 Å². The smallest absolute Gasteiger partial charge is 0.248 e. The number of fused-ring (bicyclic) bond motifs is 1. The third-order valence-electron chi connectivity index (χ3n) is 2.93. The topological polar surface area (TPSA) is 73.9 Å². The summed E-state index contributed by atoms with van der Waals surface area (Å²) in [6, 6.07) is 9.64. The van der Waals surface area contributed by atoms with E-state index < -0.39 is 0 Å². The predicted molar refractivity (Wildman–Crippen MR) is 84.5 cm³/mol. The Bertz CT molecular complexity index is 835. The normalized spacial score (nSPS) is 10.5. The Morgan fingerprint density at radius 1 is 1.14 bits per heavy atom. The van der Waals surface area contributed by atoms with Gasteiger partial charge in [0.2, 0.25) is 5.88 Å². The molecule has 3 aromatic rings. The molecule has 0 aliphatic carbocycles. The number of benzene rings is 1. The molecule has 0 spiro atoms. The van der Waals surface area contributed by atoms with Gasteiger partial charge in [0.1, 0.15) is 10.5 Å². The lowest BCUT2D eigenvalue weighted by atomic mass is 10.2. The van der Waals surface area contributed by atoms with E-state index in [2.05, 4.69) is 15.0 Å². The van der Waals surface area contributed by atoms with Crippen LogP contribution in [0.1, 0.15) is 11.4 Å². The van der Waals surface area contributed by atoms with Crippen LogP contribution < -0.4 is 10.5 Å². The molecular formula is C15H12N4OS. The molecule has 2 heterocycles. The van der Waals surface area contributed by atoms with Gasteiger partial charge < -0.3 is 10.5 Å². The second-order valence-electron chi connectivity index (χ2n) is 4.46. The molecule has 104 valence electrons. The highest BCUT2D eigenvalue weighted by atomic mass is 32.1. The maximum Gasteiger partial charge on any atom is 0.248 e. The summed E-state index contributed by atoms with van der Waals surface area (Å²) in [5, 5.41) is 0.985. The number of hydrogen-bond donors (Lipinski definition) is 1. The zero-order valence-electron chi connectivity index (χ0n) is 11.3. The highest BCUT2D eigenvalue weighted by molar-refractivity contribution is 7.80. The Morgan fingerprint density at radius 3 is 2.76 bits per heavy atom. The van der Waals surface area contributed by atoms with Gasteiger partial charge in [0.25, 0.3) is 0 Å². The van der Waals surface area contributed by atoms with Crippen LogP contribution in [0.5, 0.6) is 11.6 Å². The van der Waals surface area contributed by atoms with Crippen LogP contribution >= 0.6 is 12.2 Å². The van der Waals surface area contributed by atoms with E-state index in [1.807, 2.05) is 37.3 Å². The largest absolute Gasteiger partial charge is 0.435 e. The second kappa shape index (κ2) is 5.41. The number of hydrogen-bond acceptors (Lipinski definition) is 5. The Kier molecular flexibility index (Phi) is 3.45. The average Bonchev–Trinajstić information content (AvgIpc) is 2.48. The first kappa shape index (κ1) is 13.4. The Labute approximate surface area is 126 Å². The fourth-order valence-electron chi connectivity index (χ4n) is 1.97. The van der Waals surface area contributed by atoms with Crippen LogP contribution in [0.2, 0.25) is 0 Å². The van der Waals surface area contributed by atoms with Crippen molar-refractivity contribution in [3.05, 3.63) is 54.1 Å². The molecule has 21 heavy (non-hydrogen) atoms. The summed E-state index contributed by atoms with van der Waals surface area (Å²) in [5.74, 6) is 0.870. The van der Waals surface area contributed by atoms with Gasteiger partial charge in [-0.25, -0.2) is 15.0 Å². The summed E-state index contributed by atoms with van der Waals surface area (Å²) in [7, 11) is 0. The zero-order chi connectivity index (χ0) is 14.8. The third-order valence-corrected chi connectivity index (χ3v) is 3.12. The van der Waals surface area contributed by atoms with Crippen molar-refractivity contribution in [1.29, 1.82) is 0 Å². The minimum Gasteiger partial charge on any atom is -0.435 e. The van der Waals surface area contributed by atoms with Crippen LogP contribution in [0.3, 0.4) is 0 Å². The molecule has 6 heteroatoms. The van der Waals surface area contributed by atoms with Gasteiger partial charge in [-0.2, -0.15) is 0 Å². The van der Waals surface area contributed by atoms with Crippen LogP contribution in [0.15, 0.2) is 42.7 Å². The van der Waals surface area contributed by atoms with Gasteiger partial charge in [0.05, 0.1) is 0 Å². The number of nitrogens with zero attached hydrogens (tertiary/aromatic N) is 3. The van der Waals surface area contributed by atoms with Gasteiger partial charge >= 0.3 is 0 Å². The maximum atomic E-state index is 5.84. The van der Waals surface area contributed by atoms with Crippen LogP contribution in [-0.4, -0.2) is 19.9 Å². The first-order valence-electron chi connectivity index (χ1n) is 6.30. The lowest BCUT2D eigenvalue weighted by Crippen LogP contribution is -2.13. The van der Waals surface area contributed by atoms with Gasteiger partial charge in [-0.05, 0) is 19.1 Å². The number of pyridine rings is 1. The van der Waals surface area contributed by atoms with Crippen molar-refractivity contribution in [1.82, 2.24) is 15.0 Å². The first-order chi connectivity index (χ1) is 10.1. The molecule has 2 N–H and O–H groups in total. The monoisotopic (exact) mass is 296 g/mol. The second-order valence-corrected chi connectivity index (χ2v) is 4.90. The molecule has 0 unspecified atom stereocenters. The van der Waals surface area contributed by atoms with Crippen molar-refractivity contribution in [2.75, 3.05) is 0 Å². The summed E-state index contributed by atoms with van der Waals surface area (Å²) in [6.07, 6.45) is 3.05. The average molecular weight is 296 g/mol. The van der Waals surface area contributed by atoms with E-state index in [0.29, 0.717) is 11.4 Å². The standard InChI is InChI=1S/C15H12N4OS/c1-9-5-6-10-3-2-4-11(12(10)19-9)20-15-13(14(16)21)17-7-8-18-15/h2-8H,1H3,(H2,16,21). The molecule has 0 amide bonds. The van der Waals surface area contributed by atoms with Crippen LogP contribution in [0.4, 0.5) is 0 Å². The molecule has 2 aromatic heterocycles. The van der Waals surface area contributed by atoms with E-state index in [4.69, 9.17) is 22.7 Å². The van der Waals surface area contributed by atoms with Crippen molar-refractivity contribution in [3.8, 4) is 11.6 Å². The lowest BCUT2D eigenvalue weighted by molar-refractivity contribution is 0.463. The quantitative estimate of drug-likeness (QED) is 0.749. The third kappa shape index (κ3) is 2.66. The predicted octanol–water partition coefficient (Wildman–Crippen LogP) is 2.76. The SMILES string of the molecule is Cc1ccc2cccc(Oc3nccnc3C(N)=S)c2n1. The van der Waals surface area contributed by atoms with Gasteiger partial charge in [0.15, 0.2) is 11.4 Å². The van der Waals surface area contributed by atoms with Crippen LogP contribution in [0, 0.1) is 6.92 Å². The van der Waals surface area contributed by atoms with E-state index >= 15 is 0 Å². The van der Waals surface area contributed by atoms with Gasteiger partial charge in [-0.3, -0.25) is 0 Å². The van der Waals surface area contributed by atoms with Gasteiger partial charge in [-0.1, -0.05) is 30.4 Å². The number of thiocarbonyl (C=S) groups is 1. The van der Waals surface area contributed by atoms with E-state index in [1.165, 1.54) is 12.4 Å². The molecular weight excluding hydrogens is 284 g/mol. The Morgan fingerprint density at radius 2 is 1.95 bits per heavy atom. The van der Waals surface area contributed by atoms with E-state index in [0.717, 1.165) is 16.6 Å². The summed E-state index contributed by atoms with van der Waals surface area (Å²) in [5.41, 5.74) is 7.67. The zero-order valence-corrected chi connectivity index (χ0v) is 12.1. The van der Waals surface area contributed by atoms with Crippen LogP contribution in [0.25, 0.3) is 10.9 Å². The molecule has 0 saturated heterocycles. The summed E-state index contributed by atoms with van der Waals surface area (Å²) in [6.45, 7) is 1.93. The number of aryl methyl sites for hydroxylation is 1. The summed E-state index contributed by atoms with van der Waals surface area (Å²) in [4.78, 5) is 12.9. The van der Waals surface area contributed by atoms with E-state index in [1.54, 1.807) is 0 Å². The summed E-state index contributed by atoms with van der Waals surface area (Å²) >= 11 is 4.96. The number of nitrogens with two attached hydrogens (primary N) is 1. The minimum atomic E-state index is 0.141. The van der Waals surface area contributed by atoms with Crippen LogP contribution in [-0.2, 0) is 0 Å². The maximum absolute atomic E-state index is 5.84. The van der Waals surface area contributed by atoms with E-state index in [9.17, 15) is 0 Å². The molecule has 0 radical (unpaired) electrons. The highest BCUT2D eigenvalue weighted by Crippen LogP contribution is 2.28. The number of para-hydroxylation sites is 1. The van der Waals surface area contributed by atoms with Gasteiger partial charge in [-0.15, -0.1) is 0 Å². The Hall–Kier alpha value is -2.60. The lowest BCUT2D eigenvalue weighted by Gasteiger charge is -2.10. The molecule has 0 aliphatic rings. The fraction of sp³-hybridized carbons (Fsp3) is 0.0667. The summed E-state index contributed by atoms with van der Waals surface area (Å²) < 4.78 is 5.84. The molecule has 0 saturated carbocycles. The first-order valence-corrected chi connectivity index (χ1v) is 6.71. The molecule has 0 aliphatic heterocycles. The van der Waals surface area contributed by atoms with Crippen molar-refractivity contribution >= 4 is 28.1 Å². The molecule has 0 fully saturated rings. The van der Waals surface area contributed by atoms with Crippen molar-refractivity contribution < 1.29 is 4.74 Å². The molecule has 0 bridgehead atoms. The fourth-order valence-corrected chi connectivity index (χ4v) is 2.11. The van der Waals surface area contributed by atoms with Gasteiger partial charge in [0, 0.05) is 23.5 Å². The number of ether oxygens (including phenoxy) is 1. The van der Waals surface area contributed by atoms with Crippen molar-refractivity contribution in [3.63, 3.8) is 0 Å². The minimum absolute atomic E-state index is 0.141. The molecule has 0 atom stereocenters. The molecule has 3 rings (SSSR count). The molecule has 5 nitrogen and oxygen atoms in total. The highest BCUT2D eigenvalue weighted by Gasteiger charge is 2.12. The molecule has 1 aromatic carbocycles. The van der Waals surface area contributed by atoms with E-state index in [-0.39, 0.29) is 10.9 Å². The van der Waals surface area contributed by atoms with Crippen molar-refractivity contribution in [2.24, 2.45) is 5.73 Å².